The lowest BCUT2D eigenvalue weighted by Crippen LogP contribution is -2.03. The van der Waals surface area contributed by atoms with Crippen LogP contribution in [-0.4, -0.2) is 23.8 Å². The van der Waals surface area contributed by atoms with Crippen LogP contribution in [0.15, 0.2) is 23.1 Å². The zero-order valence-electron chi connectivity index (χ0n) is 8.93. The molecule has 6 heteroatoms. The van der Waals surface area contributed by atoms with Crippen molar-refractivity contribution in [3.63, 3.8) is 0 Å². The summed E-state index contributed by atoms with van der Waals surface area (Å²) in [6.45, 7) is 1.78. The number of hydrogen-bond donors (Lipinski definition) is 0. The molecule has 0 N–H and O–H groups in total. The van der Waals surface area contributed by atoms with Gasteiger partial charge in [0.15, 0.2) is 0 Å². The average molecular weight is 241 g/mol. The molecule has 0 fully saturated rings. The number of aryl methyl sites for hydroxylation is 1. The minimum Gasteiger partial charge on any atom is -0.468 e. The Morgan fingerprint density at radius 2 is 2.25 bits per heavy atom. The van der Waals surface area contributed by atoms with Crippen LogP contribution in [-0.2, 0) is 9.53 Å². The summed E-state index contributed by atoms with van der Waals surface area (Å²) >= 11 is 1.10. The van der Waals surface area contributed by atoms with Crippen LogP contribution in [0.25, 0.3) is 0 Å². The minimum atomic E-state index is -0.452. The summed E-state index contributed by atoms with van der Waals surface area (Å²) in [5.74, 6) is -0.333. The van der Waals surface area contributed by atoms with Gasteiger partial charge in [-0.25, -0.2) is 0 Å². The summed E-state index contributed by atoms with van der Waals surface area (Å²) < 4.78 is 4.47. The molecule has 0 aromatic heterocycles. The van der Waals surface area contributed by atoms with Crippen molar-refractivity contribution in [2.45, 2.75) is 11.8 Å². The van der Waals surface area contributed by atoms with Gasteiger partial charge in [0.25, 0.3) is 5.69 Å². The largest absolute Gasteiger partial charge is 0.468 e. The molecule has 5 nitrogen and oxygen atoms in total. The van der Waals surface area contributed by atoms with E-state index in [4.69, 9.17) is 0 Å². The fourth-order valence-corrected chi connectivity index (χ4v) is 1.92. The first-order valence-corrected chi connectivity index (χ1v) is 5.48. The van der Waals surface area contributed by atoms with Crippen molar-refractivity contribution in [2.75, 3.05) is 12.9 Å². The van der Waals surface area contributed by atoms with Crippen LogP contribution in [0, 0.1) is 17.0 Å². The number of ether oxygens (including phenoxy) is 1. The first-order valence-electron chi connectivity index (χ1n) is 4.49. The van der Waals surface area contributed by atoms with Gasteiger partial charge in [0, 0.05) is 6.07 Å². The summed E-state index contributed by atoms with van der Waals surface area (Å²) in [7, 11) is 1.28. The van der Waals surface area contributed by atoms with Gasteiger partial charge >= 0.3 is 5.97 Å². The van der Waals surface area contributed by atoms with Crippen LogP contribution in [0.5, 0.6) is 0 Å². The van der Waals surface area contributed by atoms with E-state index < -0.39 is 10.9 Å². The van der Waals surface area contributed by atoms with Crippen LogP contribution < -0.4 is 0 Å². The second kappa shape index (κ2) is 5.50. The summed E-state index contributed by atoms with van der Waals surface area (Å²) in [5.41, 5.74) is 0.836. The molecule has 0 aliphatic carbocycles. The summed E-state index contributed by atoms with van der Waals surface area (Å²) in [5, 5.41) is 10.8. The smallest absolute Gasteiger partial charge is 0.315 e. The van der Waals surface area contributed by atoms with Gasteiger partial charge in [-0.1, -0.05) is 6.07 Å². The molecule has 0 aliphatic rings. The zero-order chi connectivity index (χ0) is 12.1. The van der Waals surface area contributed by atoms with Gasteiger partial charge in [-0.05, 0) is 18.6 Å². The van der Waals surface area contributed by atoms with E-state index in [-0.39, 0.29) is 11.4 Å². The Morgan fingerprint density at radius 3 is 2.81 bits per heavy atom. The number of esters is 1. The quantitative estimate of drug-likeness (QED) is 0.349. The Labute approximate surface area is 96.9 Å². The van der Waals surface area contributed by atoms with Crippen LogP contribution >= 0.6 is 11.8 Å². The number of thioether (sulfide) groups is 1. The third kappa shape index (κ3) is 3.23. The number of carbonyl (C=O) groups excluding carboxylic acids is 1. The van der Waals surface area contributed by atoms with Gasteiger partial charge in [0.05, 0.1) is 22.7 Å². The number of nitrogens with zero attached hydrogens (tertiary/aromatic N) is 1. The van der Waals surface area contributed by atoms with Crippen molar-refractivity contribution in [2.24, 2.45) is 0 Å². The maximum Gasteiger partial charge on any atom is 0.315 e. The number of carbonyl (C=O) groups is 1. The SMILES string of the molecule is COC(=O)CSc1ccc(C)cc1[N+](=O)[O-]. The Kier molecular flexibility index (Phi) is 4.30. The standard InChI is InChI=1S/C10H11NO4S/c1-7-3-4-9(8(5-7)11(13)14)16-6-10(12)15-2/h3-5H,6H2,1-2H3. The highest BCUT2D eigenvalue weighted by molar-refractivity contribution is 8.00. The normalized spacial score (nSPS) is 9.88. The highest BCUT2D eigenvalue weighted by Crippen LogP contribution is 2.29. The molecule has 0 radical (unpaired) electrons. The summed E-state index contributed by atoms with van der Waals surface area (Å²) in [6, 6.07) is 4.90. The molecule has 0 unspecified atom stereocenters. The van der Waals surface area contributed by atoms with Crippen molar-refractivity contribution >= 4 is 23.4 Å². The fraction of sp³-hybridized carbons (Fsp3) is 0.300. The first kappa shape index (κ1) is 12.5. The van der Waals surface area contributed by atoms with E-state index >= 15 is 0 Å². The van der Waals surface area contributed by atoms with Crippen molar-refractivity contribution < 1.29 is 14.5 Å². The predicted octanol–water partition coefficient (Wildman–Crippen LogP) is 2.17. The highest BCUT2D eigenvalue weighted by Gasteiger charge is 2.15. The van der Waals surface area contributed by atoms with Crippen LogP contribution in [0.3, 0.4) is 0 Å². The summed E-state index contributed by atoms with van der Waals surface area (Å²) in [6.07, 6.45) is 0. The lowest BCUT2D eigenvalue weighted by molar-refractivity contribution is -0.387. The zero-order valence-corrected chi connectivity index (χ0v) is 9.74. The molecule has 1 aromatic carbocycles. The number of methoxy groups -OCH3 is 1. The maximum absolute atomic E-state index is 10.9. The molecule has 1 rings (SSSR count). The van der Waals surface area contributed by atoms with E-state index in [1.807, 2.05) is 0 Å². The maximum atomic E-state index is 10.9. The lowest BCUT2D eigenvalue weighted by atomic mass is 10.2. The highest BCUT2D eigenvalue weighted by atomic mass is 32.2. The van der Waals surface area contributed by atoms with Crippen molar-refractivity contribution in [3.05, 3.63) is 33.9 Å². The van der Waals surface area contributed by atoms with E-state index in [1.165, 1.54) is 13.2 Å². The molecular weight excluding hydrogens is 230 g/mol. The van der Waals surface area contributed by atoms with Gasteiger partial charge < -0.3 is 4.74 Å². The predicted molar refractivity (Wildman–Crippen MR) is 60.6 cm³/mol. The minimum absolute atomic E-state index is 0.0221. The molecule has 0 bridgehead atoms. The summed E-state index contributed by atoms with van der Waals surface area (Å²) in [4.78, 5) is 21.7. The van der Waals surface area contributed by atoms with Gasteiger partial charge in [0.2, 0.25) is 0 Å². The third-order valence-corrected chi connectivity index (χ3v) is 2.92. The number of nitro groups is 1. The first-order chi connectivity index (χ1) is 7.54. The number of benzene rings is 1. The molecule has 0 saturated carbocycles. The van der Waals surface area contributed by atoms with Crippen LogP contribution in [0.2, 0.25) is 0 Å². The van der Waals surface area contributed by atoms with Gasteiger partial charge in [-0.3, -0.25) is 14.9 Å². The molecule has 1 aromatic rings. The monoisotopic (exact) mass is 241 g/mol. The van der Waals surface area contributed by atoms with Crippen molar-refractivity contribution in [1.82, 2.24) is 0 Å². The third-order valence-electron chi connectivity index (χ3n) is 1.88. The number of rotatable bonds is 4. The lowest BCUT2D eigenvalue weighted by Gasteiger charge is -2.02. The van der Waals surface area contributed by atoms with Crippen LogP contribution in [0.4, 0.5) is 5.69 Å². The molecule has 0 atom stereocenters. The van der Waals surface area contributed by atoms with Crippen molar-refractivity contribution in [3.8, 4) is 0 Å². The molecule has 0 aliphatic heterocycles. The molecule has 0 saturated heterocycles. The molecule has 0 heterocycles. The second-order valence-electron chi connectivity index (χ2n) is 3.09. The number of hydrogen-bond acceptors (Lipinski definition) is 5. The van der Waals surface area contributed by atoms with E-state index in [0.29, 0.717) is 4.90 Å². The van der Waals surface area contributed by atoms with Crippen molar-refractivity contribution in [1.29, 1.82) is 0 Å². The van der Waals surface area contributed by atoms with E-state index in [0.717, 1.165) is 17.3 Å². The van der Waals surface area contributed by atoms with Gasteiger partial charge in [0.1, 0.15) is 0 Å². The molecular formula is C10H11NO4S. The fourth-order valence-electron chi connectivity index (χ4n) is 1.09. The molecule has 16 heavy (non-hydrogen) atoms. The Morgan fingerprint density at radius 1 is 1.56 bits per heavy atom. The Hall–Kier alpha value is -1.56. The van der Waals surface area contributed by atoms with Crippen LogP contribution in [0.1, 0.15) is 5.56 Å². The molecule has 0 amide bonds. The van der Waals surface area contributed by atoms with Gasteiger partial charge in [-0.15, -0.1) is 11.8 Å². The number of nitro benzene ring substituents is 1. The Bertz CT molecular complexity index is 419. The molecule has 86 valence electrons. The van der Waals surface area contributed by atoms with E-state index in [2.05, 4.69) is 4.74 Å². The topological polar surface area (TPSA) is 69.4 Å². The second-order valence-corrected chi connectivity index (χ2v) is 4.11. The van der Waals surface area contributed by atoms with E-state index in [1.54, 1.807) is 19.1 Å². The Balaban J connectivity index is 2.87. The molecule has 0 spiro atoms. The van der Waals surface area contributed by atoms with Gasteiger partial charge in [-0.2, -0.15) is 0 Å². The van der Waals surface area contributed by atoms with E-state index in [9.17, 15) is 14.9 Å². The average Bonchev–Trinajstić information content (AvgIpc) is 2.26.